The van der Waals surface area contributed by atoms with Gasteiger partial charge in [-0.2, -0.15) is 8.61 Å². The standard InChI is InChI=1S/C23H28N2O7S2/c1-17(26)19-3-7-21(8-4-19)33(28,29)24-13-11-23(12-14-24)25(15-16-32-23)34(30,31)22-9-5-20(6-10-22)18(2)27/h3-10,18,27H,11-16H2,1-2H3. The summed E-state index contributed by atoms with van der Waals surface area (Å²) in [5, 5.41) is 9.69. The second-order valence-corrected chi connectivity index (χ2v) is 12.4. The number of hydrogen-bond donors (Lipinski definition) is 1. The van der Waals surface area contributed by atoms with Gasteiger partial charge >= 0.3 is 0 Å². The molecule has 2 aliphatic heterocycles. The van der Waals surface area contributed by atoms with Crippen LogP contribution in [-0.4, -0.2) is 68.3 Å². The minimum absolute atomic E-state index is 0.0865. The number of sulfonamides is 2. The Morgan fingerprint density at radius 2 is 1.44 bits per heavy atom. The zero-order valence-electron chi connectivity index (χ0n) is 19.0. The molecule has 0 radical (unpaired) electrons. The van der Waals surface area contributed by atoms with Crippen molar-refractivity contribution >= 4 is 25.8 Å². The van der Waals surface area contributed by atoms with Gasteiger partial charge in [-0.1, -0.05) is 24.3 Å². The first-order chi connectivity index (χ1) is 16.0. The molecule has 34 heavy (non-hydrogen) atoms. The monoisotopic (exact) mass is 508 g/mol. The number of carbonyl (C=O) groups excluding carboxylic acids is 1. The van der Waals surface area contributed by atoms with Gasteiger partial charge in [0.2, 0.25) is 20.0 Å². The summed E-state index contributed by atoms with van der Waals surface area (Å²) in [6, 6.07) is 11.9. The van der Waals surface area contributed by atoms with Crippen LogP contribution < -0.4 is 0 Å². The highest BCUT2D eigenvalue weighted by Crippen LogP contribution is 2.39. The number of rotatable bonds is 6. The average Bonchev–Trinajstić information content (AvgIpc) is 3.23. The first-order valence-corrected chi connectivity index (χ1v) is 13.9. The topological polar surface area (TPSA) is 121 Å². The van der Waals surface area contributed by atoms with E-state index >= 15 is 0 Å². The molecule has 9 nitrogen and oxygen atoms in total. The van der Waals surface area contributed by atoms with Crippen molar-refractivity contribution in [3.05, 3.63) is 59.7 Å². The predicted octanol–water partition coefficient (Wildman–Crippen LogP) is 2.14. The first-order valence-electron chi connectivity index (χ1n) is 11.0. The van der Waals surface area contributed by atoms with Crippen molar-refractivity contribution in [2.24, 2.45) is 0 Å². The van der Waals surface area contributed by atoms with Crippen LogP contribution in [0.1, 0.15) is 48.7 Å². The van der Waals surface area contributed by atoms with Gasteiger partial charge in [-0.05, 0) is 43.7 Å². The summed E-state index contributed by atoms with van der Waals surface area (Å²) in [5.41, 5.74) is -0.0638. The van der Waals surface area contributed by atoms with Gasteiger partial charge in [-0.3, -0.25) is 4.79 Å². The lowest BCUT2D eigenvalue weighted by molar-refractivity contribution is -0.0806. The Kier molecular flexibility index (Phi) is 6.71. The normalized spacial score (nSPS) is 20.4. The number of ether oxygens (including phenoxy) is 1. The third-order valence-corrected chi connectivity index (χ3v) is 10.3. The van der Waals surface area contributed by atoms with Crippen LogP contribution in [0, 0.1) is 0 Å². The summed E-state index contributed by atoms with van der Waals surface area (Å²) in [7, 11) is -7.67. The van der Waals surface area contributed by atoms with Gasteiger partial charge in [-0.25, -0.2) is 16.8 Å². The smallest absolute Gasteiger partial charge is 0.245 e. The van der Waals surface area contributed by atoms with Gasteiger partial charge in [0.15, 0.2) is 5.78 Å². The SMILES string of the molecule is CC(=O)c1ccc(S(=O)(=O)N2CCC3(CC2)OCCN3S(=O)(=O)c2ccc(C(C)O)cc2)cc1. The number of benzene rings is 2. The first kappa shape index (κ1) is 25.0. The summed E-state index contributed by atoms with van der Waals surface area (Å²) in [5.74, 6) is -0.149. The highest BCUT2D eigenvalue weighted by molar-refractivity contribution is 7.89. The van der Waals surface area contributed by atoms with E-state index in [9.17, 15) is 26.7 Å². The average molecular weight is 509 g/mol. The van der Waals surface area contributed by atoms with E-state index in [0.29, 0.717) is 11.1 Å². The third kappa shape index (κ3) is 4.43. The Hall–Kier alpha value is -2.15. The molecule has 2 aliphatic rings. The summed E-state index contributed by atoms with van der Waals surface area (Å²) < 4.78 is 61.6. The fourth-order valence-electron chi connectivity index (χ4n) is 4.46. The van der Waals surface area contributed by atoms with Crippen LogP contribution in [-0.2, 0) is 24.8 Å². The minimum Gasteiger partial charge on any atom is -0.389 e. The largest absolute Gasteiger partial charge is 0.389 e. The summed E-state index contributed by atoms with van der Waals surface area (Å²) >= 11 is 0. The van der Waals surface area contributed by atoms with Crippen LogP contribution in [0.3, 0.4) is 0 Å². The van der Waals surface area contributed by atoms with Crippen molar-refractivity contribution in [3.63, 3.8) is 0 Å². The Bertz CT molecular complexity index is 1260. The highest BCUT2D eigenvalue weighted by Gasteiger charge is 2.51. The number of aliphatic hydroxyl groups is 1. The molecule has 0 saturated carbocycles. The number of Topliss-reactive ketones (excluding diaryl/α,β-unsaturated/α-hetero) is 1. The number of piperidine rings is 1. The zero-order chi connectivity index (χ0) is 24.7. The van der Waals surface area contributed by atoms with E-state index in [1.165, 1.54) is 51.9 Å². The predicted molar refractivity (Wildman–Crippen MR) is 124 cm³/mol. The van der Waals surface area contributed by atoms with Crippen LogP contribution in [0.4, 0.5) is 0 Å². The lowest BCUT2D eigenvalue weighted by atomic mass is 10.0. The van der Waals surface area contributed by atoms with Crippen molar-refractivity contribution in [1.82, 2.24) is 8.61 Å². The maximum atomic E-state index is 13.4. The van der Waals surface area contributed by atoms with Crippen molar-refractivity contribution in [1.29, 1.82) is 0 Å². The molecule has 0 amide bonds. The molecule has 1 atom stereocenters. The fourth-order valence-corrected chi connectivity index (χ4v) is 7.62. The number of aliphatic hydroxyl groups excluding tert-OH is 1. The van der Waals surface area contributed by atoms with Crippen molar-refractivity contribution < 1.29 is 31.5 Å². The molecular weight excluding hydrogens is 480 g/mol. The van der Waals surface area contributed by atoms with Gasteiger partial charge in [0.25, 0.3) is 0 Å². The second-order valence-electron chi connectivity index (χ2n) is 8.60. The highest BCUT2D eigenvalue weighted by atomic mass is 32.2. The van der Waals surface area contributed by atoms with E-state index in [1.54, 1.807) is 19.1 Å². The van der Waals surface area contributed by atoms with Crippen LogP contribution in [0.2, 0.25) is 0 Å². The van der Waals surface area contributed by atoms with E-state index in [-0.39, 0.29) is 54.7 Å². The van der Waals surface area contributed by atoms with E-state index < -0.39 is 31.9 Å². The molecule has 2 fully saturated rings. The molecule has 2 aromatic rings. The molecule has 1 unspecified atom stereocenters. The molecule has 11 heteroatoms. The van der Waals surface area contributed by atoms with Gasteiger partial charge in [0, 0.05) is 38.0 Å². The van der Waals surface area contributed by atoms with E-state index in [1.807, 2.05) is 0 Å². The number of hydrogen-bond acceptors (Lipinski definition) is 7. The summed E-state index contributed by atoms with van der Waals surface area (Å²) in [4.78, 5) is 11.7. The number of ketones is 1. The zero-order valence-corrected chi connectivity index (χ0v) is 20.7. The van der Waals surface area contributed by atoms with E-state index in [2.05, 4.69) is 0 Å². The molecular formula is C23H28N2O7S2. The second kappa shape index (κ2) is 9.14. The van der Waals surface area contributed by atoms with Gasteiger partial charge in [0.1, 0.15) is 5.72 Å². The molecule has 2 aromatic carbocycles. The summed E-state index contributed by atoms with van der Waals surface area (Å²) in [6.45, 7) is 3.63. The summed E-state index contributed by atoms with van der Waals surface area (Å²) in [6.07, 6.45) is -0.311. The molecule has 2 saturated heterocycles. The molecule has 0 aromatic heterocycles. The minimum atomic E-state index is -3.88. The molecule has 4 rings (SSSR count). The quantitative estimate of drug-likeness (QED) is 0.594. The van der Waals surface area contributed by atoms with Crippen LogP contribution >= 0.6 is 0 Å². The molecule has 184 valence electrons. The molecule has 0 bridgehead atoms. The van der Waals surface area contributed by atoms with E-state index in [0.717, 1.165) is 0 Å². The van der Waals surface area contributed by atoms with Gasteiger partial charge in [-0.15, -0.1) is 0 Å². The Balaban J connectivity index is 1.52. The maximum Gasteiger partial charge on any atom is 0.245 e. The lowest BCUT2D eigenvalue weighted by Crippen LogP contribution is -2.55. The van der Waals surface area contributed by atoms with Crippen molar-refractivity contribution in [2.75, 3.05) is 26.2 Å². The maximum absolute atomic E-state index is 13.4. The Labute approximate surface area is 200 Å². The van der Waals surface area contributed by atoms with Crippen molar-refractivity contribution in [3.8, 4) is 0 Å². The molecule has 1 spiro atoms. The Morgan fingerprint density at radius 1 is 0.912 bits per heavy atom. The number of nitrogens with zero attached hydrogens (tertiary/aromatic N) is 2. The lowest BCUT2D eigenvalue weighted by Gasteiger charge is -2.42. The van der Waals surface area contributed by atoms with Gasteiger partial charge < -0.3 is 9.84 Å². The van der Waals surface area contributed by atoms with E-state index in [4.69, 9.17) is 4.74 Å². The molecule has 0 aliphatic carbocycles. The third-order valence-electron chi connectivity index (χ3n) is 6.47. The van der Waals surface area contributed by atoms with Crippen molar-refractivity contribution in [2.45, 2.75) is 48.3 Å². The Morgan fingerprint density at radius 3 is 1.97 bits per heavy atom. The van der Waals surface area contributed by atoms with Gasteiger partial charge in [0.05, 0.1) is 22.5 Å². The van der Waals surface area contributed by atoms with Crippen LogP contribution in [0.5, 0.6) is 0 Å². The van der Waals surface area contributed by atoms with Crippen LogP contribution in [0.15, 0.2) is 58.3 Å². The molecule has 2 heterocycles. The van der Waals surface area contributed by atoms with Crippen LogP contribution in [0.25, 0.3) is 0 Å². The molecule has 1 N–H and O–H groups in total. The fraction of sp³-hybridized carbons (Fsp3) is 0.435. The number of carbonyl (C=O) groups is 1.